The number of rotatable bonds is 9. The van der Waals surface area contributed by atoms with Crippen molar-refractivity contribution in [1.82, 2.24) is 5.43 Å². The summed E-state index contributed by atoms with van der Waals surface area (Å²) in [4.78, 5) is 0. The van der Waals surface area contributed by atoms with Crippen LogP contribution in [0.25, 0.3) is 0 Å². The first-order chi connectivity index (χ1) is 7.66. The smallest absolute Gasteiger partial charge is 0.184 e. The van der Waals surface area contributed by atoms with Crippen molar-refractivity contribution in [2.45, 2.75) is 65.2 Å². The summed E-state index contributed by atoms with van der Waals surface area (Å²) in [5.41, 5.74) is 8.96. The average molecular weight is 243 g/mol. The quantitative estimate of drug-likeness (QED) is 0.283. The molecule has 0 rings (SSSR count). The van der Waals surface area contributed by atoms with Crippen LogP contribution in [-0.2, 0) is 0 Å². The van der Waals surface area contributed by atoms with Crippen LogP contribution in [0.15, 0.2) is 5.10 Å². The topological polar surface area (TPSA) is 50.4 Å². The molecule has 0 radical (unpaired) electrons. The molecule has 0 atom stereocenters. The van der Waals surface area contributed by atoms with Crippen molar-refractivity contribution >= 4 is 23.0 Å². The van der Waals surface area contributed by atoms with E-state index in [0.717, 1.165) is 12.1 Å². The summed E-state index contributed by atoms with van der Waals surface area (Å²) >= 11 is 4.67. The van der Waals surface area contributed by atoms with Crippen LogP contribution in [0.4, 0.5) is 0 Å². The summed E-state index contributed by atoms with van der Waals surface area (Å²) in [5.74, 6) is 0. The van der Waals surface area contributed by atoms with Gasteiger partial charge >= 0.3 is 0 Å². The van der Waals surface area contributed by atoms with E-state index >= 15 is 0 Å². The molecule has 0 aromatic heterocycles. The summed E-state index contributed by atoms with van der Waals surface area (Å²) in [7, 11) is 0. The summed E-state index contributed by atoms with van der Waals surface area (Å²) in [6.45, 7) is 4.25. The maximum absolute atomic E-state index is 5.28. The molecule has 3 nitrogen and oxygen atoms in total. The van der Waals surface area contributed by atoms with E-state index < -0.39 is 0 Å². The molecule has 4 heteroatoms. The first-order valence-electron chi connectivity index (χ1n) is 6.25. The van der Waals surface area contributed by atoms with Gasteiger partial charge in [-0.15, -0.1) is 0 Å². The van der Waals surface area contributed by atoms with Gasteiger partial charge in [0.1, 0.15) is 0 Å². The van der Waals surface area contributed by atoms with Gasteiger partial charge in [-0.1, -0.05) is 45.4 Å². The Morgan fingerprint density at radius 3 is 2.25 bits per heavy atom. The number of hydrogen-bond acceptors (Lipinski definition) is 2. The third-order valence-corrected chi connectivity index (χ3v) is 2.59. The van der Waals surface area contributed by atoms with Crippen molar-refractivity contribution in [2.75, 3.05) is 0 Å². The molecular formula is C12H25N3S. The van der Waals surface area contributed by atoms with Gasteiger partial charge in [-0.05, 0) is 32.0 Å². The lowest BCUT2D eigenvalue weighted by atomic mass is 10.1. The zero-order chi connectivity index (χ0) is 12.2. The molecule has 16 heavy (non-hydrogen) atoms. The highest BCUT2D eigenvalue weighted by molar-refractivity contribution is 7.80. The molecule has 0 saturated heterocycles. The maximum Gasteiger partial charge on any atom is 0.184 e. The normalized spacial score (nSPS) is 11.5. The van der Waals surface area contributed by atoms with E-state index in [9.17, 15) is 0 Å². The number of nitrogens with two attached hydrogens (primary N) is 1. The van der Waals surface area contributed by atoms with Gasteiger partial charge in [-0.25, -0.2) is 0 Å². The van der Waals surface area contributed by atoms with E-state index in [1.165, 1.54) is 44.9 Å². The van der Waals surface area contributed by atoms with Crippen LogP contribution in [0.5, 0.6) is 0 Å². The minimum absolute atomic E-state index is 0.235. The molecule has 0 heterocycles. The van der Waals surface area contributed by atoms with Crippen molar-refractivity contribution in [3.63, 3.8) is 0 Å². The fraction of sp³-hybridized carbons (Fsp3) is 0.833. The third-order valence-electron chi connectivity index (χ3n) is 2.50. The lowest BCUT2D eigenvalue weighted by molar-refractivity contribution is 0.595. The summed E-state index contributed by atoms with van der Waals surface area (Å²) < 4.78 is 0. The molecule has 94 valence electrons. The Labute approximate surface area is 105 Å². The highest BCUT2D eigenvalue weighted by Crippen LogP contribution is 2.08. The molecule has 0 aliphatic carbocycles. The zero-order valence-electron chi connectivity index (χ0n) is 10.6. The van der Waals surface area contributed by atoms with Crippen LogP contribution in [0.3, 0.4) is 0 Å². The molecule has 0 bridgehead atoms. The van der Waals surface area contributed by atoms with E-state index in [-0.39, 0.29) is 5.11 Å². The van der Waals surface area contributed by atoms with Crippen LogP contribution in [0, 0.1) is 0 Å². The zero-order valence-corrected chi connectivity index (χ0v) is 11.4. The highest BCUT2D eigenvalue weighted by atomic mass is 32.1. The Hall–Kier alpha value is -0.640. The SMILES string of the molecule is CCCCCCCCC/C(C)=N\NC(N)=S. The molecule has 0 saturated carbocycles. The van der Waals surface area contributed by atoms with Gasteiger partial charge in [0.25, 0.3) is 0 Å². The molecule has 0 aliphatic rings. The molecule has 3 N–H and O–H groups in total. The van der Waals surface area contributed by atoms with Crippen LogP contribution >= 0.6 is 12.2 Å². The number of hydrogen-bond donors (Lipinski definition) is 2. The minimum Gasteiger partial charge on any atom is -0.375 e. The van der Waals surface area contributed by atoms with Crippen molar-refractivity contribution in [3.8, 4) is 0 Å². The average Bonchev–Trinajstić information content (AvgIpc) is 2.25. The molecule has 0 aromatic rings. The summed E-state index contributed by atoms with van der Waals surface area (Å²) in [5, 5.41) is 4.31. The largest absolute Gasteiger partial charge is 0.375 e. The Kier molecular flexibility index (Phi) is 10.4. The van der Waals surface area contributed by atoms with E-state index in [4.69, 9.17) is 5.73 Å². The maximum atomic E-state index is 5.28. The number of unbranched alkanes of at least 4 members (excludes halogenated alkanes) is 6. The summed E-state index contributed by atoms with van der Waals surface area (Å²) in [6, 6.07) is 0. The second kappa shape index (κ2) is 10.9. The Bertz CT molecular complexity index is 214. The van der Waals surface area contributed by atoms with Gasteiger partial charge in [0.2, 0.25) is 0 Å². The third kappa shape index (κ3) is 11.4. The van der Waals surface area contributed by atoms with E-state index in [0.29, 0.717) is 0 Å². The van der Waals surface area contributed by atoms with Gasteiger partial charge < -0.3 is 5.73 Å². The van der Waals surface area contributed by atoms with E-state index in [1.54, 1.807) is 0 Å². The molecule has 0 unspecified atom stereocenters. The Morgan fingerprint density at radius 2 is 1.69 bits per heavy atom. The molecule has 0 spiro atoms. The predicted octanol–water partition coefficient (Wildman–Crippen LogP) is 3.34. The van der Waals surface area contributed by atoms with Gasteiger partial charge in [0.05, 0.1) is 0 Å². The van der Waals surface area contributed by atoms with Crippen molar-refractivity contribution < 1.29 is 0 Å². The second-order valence-corrected chi connectivity index (χ2v) is 4.63. The van der Waals surface area contributed by atoms with Gasteiger partial charge in [-0.2, -0.15) is 5.10 Å². The Balaban J connectivity index is 3.30. The molecule has 0 amide bonds. The summed E-state index contributed by atoms with van der Waals surface area (Å²) in [6.07, 6.45) is 10.3. The number of hydrazone groups is 1. The standard InChI is InChI=1S/C12H25N3S/c1-3-4-5-6-7-8-9-10-11(2)14-15-12(13)16/h3-10H2,1-2H3,(H3,13,15,16)/b14-11-. The van der Waals surface area contributed by atoms with Crippen LogP contribution < -0.4 is 11.2 Å². The van der Waals surface area contributed by atoms with Gasteiger partial charge in [-0.3, -0.25) is 5.43 Å². The van der Waals surface area contributed by atoms with Crippen LogP contribution in [-0.4, -0.2) is 10.8 Å². The lowest BCUT2D eigenvalue weighted by Crippen LogP contribution is -2.25. The van der Waals surface area contributed by atoms with Gasteiger partial charge in [0.15, 0.2) is 5.11 Å². The minimum atomic E-state index is 0.235. The van der Waals surface area contributed by atoms with Crippen molar-refractivity contribution in [3.05, 3.63) is 0 Å². The lowest BCUT2D eigenvalue weighted by Gasteiger charge is -2.02. The highest BCUT2D eigenvalue weighted by Gasteiger charge is 1.94. The van der Waals surface area contributed by atoms with Crippen molar-refractivity contribution in [2.24, 2.45) is 10.8 Å². The molecular weight excluding hydrogens is 218 g/mol. The number of nitrogens with one attached hydrogen (secondary N) is 1. The molecule has 0 fully saturated rings. The molecule has 0 aliphatic heterocycles. The monoisotopic (exact) mass is 243 g/mol. The molecule has 0 aromatic carbocycles. The first kappa shape index (κ1) is 15.4. The number of thiocarbonyl (C=S) groups is 1. The van der Waals surface area contributed by atoms with Crippen molar-refractivity contribution in [1.29, 1.82) is 0 Å². The van der Waals surface area contributed by atoms with E-state index in [1.807, 2.05) is 6.92 Å². The predicted molar refractivity (Wildman–Crippen MR) is 75.6 cm³/mol. The first-order valence-corrected chi connectivity index (χ1v) is 6.66. The second-order valence-electron chi connectivity index (χ2n) is 4.19. The van der Waals surface area contributed by atoms with Gasteiger partial charge in [0, 0.05) is 5.71 Å². The Morgan fingerprint density at radius 1 is 1.12 bits per heavy atom. The van der Waals surface area contributed by atoms with E-state index in [2.05, 4.69) is 29.7 Å². The van der Waals surface area contributed by atoms with Crippen LogP contribution in [0.2, 0.25) is 0 Å². The van der Waals surface area contributed by atoms with Crippen LogP contribution in [0.1, 0.15) is 65.2 Å². The fourth-order valence-electron chi connectivity index (χ4n) is 1.54. The number of nitrogens with zero attached hydrogens (tertiary/aromatic N) is 1. The fourth-order valence-corrected chi connectivity index (χ4v) is 1.59.